The number of hydrogen-bond acceptors (Lipinski definition) is 2. The molecule has 90 valence electrons. The summed E-state index contributed by atoms with van der Waals surface area (Å²) in [6.45, 7) is 11.7. The van der Waals surface area contributed by atoms with E-state index in [4.69, 9.17) is 0 Å². The van der Waals surface area contributed by atoms with Crippen molar-refractivity contribution < 1.29 is 0 Å². The van der Waals surface area contributed by atoms with E-state index in [1.165, 1.54) is 45.3 Å². The molecule has 0 aliphatic heterocycles. The fraction of sp³-hybridized carbons (Fsp3) is 1.00. The number of hydrogen-bond donors (Lipinski definition) is 1. The van der Waals surface area contributed by atoms with E-state index in [9.17, 15) is 0 Å². The van der Waals surface area contributed by atoms with Crippen LogP contribution in [-0.4, -0.2) is 37.1 Å². The predicted molar refractivity (Wildman–Crippen MR) is 67.2 cm³/mol. The van der Waals surface area contributed by atoms with Gasteiger partial charge in [-0.15, -0.1) is 0 Å². The van der Waals surface area contributed by atoms with Gasteiger partial charge in [0.25, 0.3) is 0 Å². The summed E-state index contributed by atoms with van der Waals surface area (Å²) in [5, 5.41) is 3.56. The number of nitrogens with one attached hydrogen (secondary N) is 1. The van der Waals surface area contributed by atoms with Gasteiger partial charge in [-0.1, -0.05) is 20.3 Å². The van der Waals surface area contributed by atoms with E-state index in [2.05, 4.69) is 31.0 Å². The second kappa shape index (κ2) is 7.24. The van der Waals surface area contributed by atoms with Crippen LogP contribution in [0, 0.1) is 5.92 Å². The average Bonchev–Trinajstić information content (AvgIpc) is 2.18. The zero-order valence-electron chi connectivity index (χ0n) is 10.8. The van der Waals surface area contributed by atoms with Gasteiger partial charge < -0.3 is 10.2 Å². The quantitative estimate of drug-likeness (QED) is 0.665. The Morgan fingerprint density at radius 1 is 1.33 bits per heavy atom. The second-order valence-electron chi connectivity index (χ2n) is 5.00. The van der Waals surface area contributed by atoms with E-state index in [0.29, 0.717) is 6.04 Å². The van der Waals surface area contributed by atoms with Gasteiger partial charge in [-0.25, -0.2) is 0 Å². The van der Waals surface area contributed by atoms with Crippen LogP contribution >= 0.6 is 0 Å². The summed E-state index contributed by atoms with van der Waals surface area (Å²) in [6, 6.07) is 0.643. The molecule has 1 aliphatic carbocycles. The van der Waals surface area contributed by atoms with Crippen molar-refractivity contribution in [3.8, 4) is 0 Å². The number of nitrogens with zero attached hydrogens (tertiary/aromatic N) is 1. The molecule has 0 aromatic carbocycles. The first-order valence-corrected chi connectivity index (χ1v) is 6.72. The van der Waals surface area contributed by atoms with Crippen LogP contribution in [0.4, 0.5) is 0 Å². The molecule has 1 N–H and O–H groups in total. The van der Waals surface area contributed by atoms with E-state index in [-0.39, 0.29) is 0 Å². The van der Waals surface area contributed by atoms with Crippen molar-refractivity contribution in [3.05, 3.63) is 0 Å². The molecule has 2 heteroatoms. The molecule has 0 radical (unpaired) electrons. The standard InChI is InChI=1S/C13H28N2/c1-4-9-14-12(3)10-15(5-2)11-13-7-6-8-13/h12-14H,4-11H2,1-3H3. The molecular weight excluding hydrogens is 184 g/mol. The van der Waals surface area contributed by atoms with Crippen molar-refractivity contribution in [2.75, 3.05) is 26.2 Å². The fourth-order valence-corrected chi connectivity index (χ4v) is 2.22. The maximum absolute atomic E-state index is 3.56. The molecule has 0 spiro atoms. The zero-order chi connectivity index (χ0) is 11.1. The molecule has 0 heterocycles. The lowest BCUT2D eigenvalue weighted by Gasteiger charge is -2.33. The first kappa shape index (κ1) is 13.0. The molecule has 0 saturated heterocycles. The molecule has 0 aromatic heterocycles. The van der Waals surface area contributed by atoms with E-state index in [0.717, 1.165) is 12.5 Å². The van der Waals surface area contributed by atoms with Gasteiger partial charge in [-0.3, -0.25) is 0 Å². The van der Waals surface area contributed by atoms with Crippen LogP contribution in [0.15, 0.2) is 0 Å². The summed E-state index contributed by atoms with van der Waals surface area (Å²) in [5.41, 5.74) is 0. The predicted octanol–water partition coefficient (Wildman–Crippen LogP) is 2.50. The highest BCUT2D eigenvalue weighted by Crippen LogP contribution is 2.26. The molecule has 1 aliphatic rings. The maximum atomic E-state index is 3.56. The zero-order valence-corrected chi connectivity index (χ0v) is 10.8. The van der Waals surface area contributed by atoms with E-state index in [1.54, 1.807) is 0 Å². The Bertz CT molecular complexity index is 155. The van der Waals surface area contributed by atoms with Crippen molar-refractivity contribution in [1.82, 2.24) is 10.2 Å². The minimum absolute atomic E-state index is 0.643. The number of likely N-dealkylation sites (N-methyl/N-ethyl adjacent to an activating group) is 1. The lowest BCUT2D eigenvalue weighted by molar-refractivity contribution is 0.173. The van der Waals surface area contributed by atoms with Crippen LogP contribution < -0.4 is 5.32 Å². The van der Waals surface area contributed by atoms with Crippen LogP contribution in [0.2, 0.25) is 0 Å². The van der Waals surface area contributed by atoms with Crippen LogP contribution in [-0.2, 0) is 0 Å². The van der Waals surface area contributed by atoms with Crippen LogP contribution in [0.25, 0.3) is 0 Å². The molecule has 15 heavy (non-hydrogen) atoms. The van der Waals surface area contributed by atoms with Gasteiger partial charge >= 0.3 is 0 Å². The molecule has 1 saturated carbocycles. The lowest BCUT2D eigenvalue weighted by atomic mass is 9.85. The topological polar surface area (TPSA) is 15.3 Å². The molecule has 1 rings (SSSR count). The van der Waals surface area contributed by atoms with Crippen LogP contribution in [0.3, 0.4) is 0 Å². The molecule has 1 atom stereocenters. The molecule has 0 amide bonds. The summed E-state index contributed by atoms with van der Waals surface area (Å²) in [5.74, 6) is 1.00. The molecule has 1 fully saturated rings. The Morgan fingerprint density at radius 2 is 2.07 bits per heavy atom. The van der Waals surface area contributed by atoms with Crippen molar-refractivity contribution >= 4 is 0 Å². The lowest BCUT2D eigenvalue weighted by Crippen LogP contribution is -2.42. The second-order valence-corrected chi connectivity index (χ2v) is 5.00. The smallest absolute Gasteiger partial charge is 0.0166 e. The summed E-state index contributed by atoms with van der Waals surface area (Å²) in [7, 11) is 0. The molecular formula is C13H28N2. The highest BCUT2D eigenvalue weighted by Gasteiger charge is 2.20. The van der Waals surface area contributed by atoms with Gasteiger partial charge in [-0.05, 0) is 45.2 Å². The normalized spacial score (nSPS) is 19.2. The molecule has 0 bridgehead atoms. The Labute approximate surface area is 95.4 Å². The molecule has 2 nitrogen and oxygen atoms in total. The van der Waals surface area contributed by atoms with Crippen LogP contribution in [0.5, 0.6) is 0 Å². The van der Waals surface area contributed by atoms with Crippen molar-refractivity contribution in [1.29, 1.82) is 0 Å². The third kappa shape index (κ3) is 4.98. The Kier molecular flexibility index (Phi) is 6.26. The van der Waals surface area contributed by atoms with E-state index < -0.39 is 0 Å². The first-order chi connectivity index (χ1) is 7.26. The highest BCUT2D eigenvalue weighted by atomic mass is 15.1. The van der Waals surface area contributed by atoms with Gasteiger partial charge in [0.1, 0.15) is 0 Å². The third-order valence-electron chi connectivity index (χ3n) is 3.46. The Balaban J connectivity index is 2.13. The van der Waals surface area contributed by atoms with Gasteiger partial charge in [0, 0.05) is 19.1 Å². The van der Waals surface area contributed by atoms with Crippen molar-refractivity contribution in [2.45, 2.75) is 52.5 Å². The van der Waals surface area contributed by atoms with Gasteiger partial charge in [0.05, 0.1) is 0 Å². The maximum Gasteiger partial charge on any atom is 0.0166 e. The van der Waals surface area contributed by atoms with Crippen molar-refractivity contribution in [2.24, 2.45) is 5.92 Å². The SMILES string of the molecule is CCCNC(C)CN(CC)CC1CCC1. The minimum atomic E-state index is 0.643. The monoisotopic (exact) mass is 212 g/mol. The summed E-state index contributed by atoms with van der Waals surface area (Å²) in [6.07, 6.45) is 5.63. The largest absolute Gasteiger partial charge is 0.313 e. The summed E-state index contributed by atoms with van der Waals surface area (Å²) < 4.78 is 0. The summed E-state index contributed by atoms with van der Waals surface area (Å²) in [4.78, 5) is 2.61. The Morgan fingerprint density at radius 3 is 2.53 bits per heavy atom. The van der Waals surface area contributed by atoms with Gasteiger partial charge in [-0.2, -0.15) is 0 Å². The average molecular weight is 212 g/mol. The van der Waals surface area contributed by atoms with E-state index in [1.807, 2.05) is 0 Å². The van der Waals surface area contributed by atoms with Crippen LogP contribution in [0.1, 0.15) is 46.5 Å². The Hall–Kier alpha value is -0.0800. The van der Waals surface area contributed by atoms with Gasteiger partial charge in [0.15, 0.2) is 0 Å². The third-order valence-corrected chi connectivity index (χ3v) is 3.46. The van der Waals surface area contributed by atoms with Gasteiger partial charge in [0.2, 0.25) is 0 Å². The summed E-state index contributed by atoms with van der Waals surface area (Å²) >= 11 is 0. The van der Waals surface area contributed by atoms with E-state index >= 15 is 0 Å². The molecule has 1 unspecified atom stereocenters. The fourth-order valence-electron chi connectivity index (χ4n) is 2.22. The number of rotatable bonds is 8. The highest BCUT2D eigenvalue weighted by molar-refractivity contribution is 4.75. The first-order valence-electron chi connectivity index (χ1n) is 6.72. The molecule has 0 aromatic rings. The van der Waals surface area contributed by atoms with Crippen molar-refractivity contribution in [3.63, 3.8) is 0 Å². The minimum Gasteiger partial charge on any atom is -0.313 e.